The van der Waals surface area contributed by atoms with Gasteiger partial charge in [0.25, 0.3) is 0 Å². The first-order valence-electron chi connectivity index (χ1n) is 4.95. The van der Waals surface area contributed by atoms with Crippen molar-refractivity contribution in [1.82, 2.24) is 0 Å². The van der Waals surface area contributed by atoms with Gasteiger partial charge in [0.2, 0.25) is 0 Å². The summed E-state index contributed by atoms with van der Waals surface area (Å²) in [5, 5.41) is 0. The van der Waals surface area contributed by atoms with Crippen molar-refractivity contribution in [3.05, 3.63) is 34.6 Å². The van der Waals surface area contributed by atoms with Gasteiger partial charge >= 0.3 is 0 Å². The van der Waals surface area contributed by atoms with Crippen molar-refractivity contribution < 1.29 is 4.39 Å². The van der Waals surface area contributed by atoms with Crippen LogP contribution in [0.5, 0.6) is 0 Å². The number of halogens is 1. The molecule has 1 aromatic carbocycles. The Hall–Kier alpha value is -0.850. The largest absolute Gasteiger partial charge is 0.207 e. The number of hydrogen-bond donors (Lipinski definition) is 0. The summed E-state index contributed by atoms with van der Waals surface area (Å²) in [4.78, 5) is 0. The molecule has 1 saturated carbocycles. The third-order valence-electron chi connectivity index (χ3n) is 3.20. The summed E-state index contributed by atoms with van der Waals surface area (Å²) in [7, 11) is 0. The first-order valence-corrected chi connectivity index (χ1v) is 4.95. The Labute approximate surface area is 78.8 Å². The highest BCUT2D eigenvalue weighted by molar-refractivity contribution is 5.34. The SMILES string of the molecule is Cc1cc(C2CCC2)cc(F)c1C. The van der Waals surface area contributed by atoms with Crippen LogP contribution in [0.15, 0.2) is 12.1 Å². The lowest BCUT2D eigenvalue weighted by atomic mass is 9.79. The maximum absolute atomic E-state index is 13.4. The lowest BCUT2D eigenvalue weighted by Crippen LogP contribution is -2.09. The van der Waals surface area contributed by atoms with Crippen LogP contribution in [-0.2, 0) is 0 Å². The van der Waals surface area contributed by atoms with Crippen molar-refractivity contribution in [1.29, 1.82) is 0 Å². The highest BCUT2D eigenvalue weighted by Crippen LogP contribution is 2.37. The zero-order chi connectivity index (χ0) is 9.42. The van der Waals surface area contributed by atoms with E-state index in [2.05, 4.69) is 6.07 Å². The van der Waals surface area contributed by atoms with Gasteiger partial charge in [0.05, 0.1) is 0 Å². The molecular weight excluding hydrogens is 163 g/mol. The van der Waals surface area contributed by atoms with E-state index in [-0.39, 0.29) is 5.82 Å². The third kappa shape index (κ3) is 1.48. The monoisotopic (exact) mass is 178 g/mol. The van der Waals surface area contributed by atoms with E-state index in [4.69, 9.17) is 0 Å². The van der Waals surface area contributed by atoms with Gasteiger partial charge in [0.1, 0.15) is 5.82 Å². The second-order valence-electron chi connectivity index (χ2n) is 4.07. The lowest BCUT2D eigenvalue weighted by Gasteiger charge is -2.26. The summed E-state index contributed by atoms with van der Waals surface area (Å²) < 4.78 is 13.4. The van der Waals surface area contributed by atoms with Gasteiger partial charge < -0.3 is 0 Å². The van der Waals surface area contributed by atoms with Gasteiger partial charge in [0, 0.05) is 0 Å². The van der Waals surface area contributed by atoms with Crippen molar-refractivity contribution in [2.45, 2.75) is 39.0 Å². The molecule has 2 rings (SSSR count). The molecule has 1 aliphatic rings. The Balaban J connectivity index is 2.37. The summed E-state index contributed by atoms with van der Waals surface area (Å²) in [6.45, 7) is 3.83. The van der Waals surface area contributed by atoms with Crippen LogP contribution in [0.4, 0.5) is 4.39 Å². The van der Waals surface area contributed by atoms with Crippen molar-refractivity contribution in [3.63, 3.8) is 0 Å². The second-order valence-corrected chi connectivity index (χ2v) is 4.07. The van der Waals surface area contributed by atoms with Gasteiger partial charge in [-0.05, 0) is 55.4 Å². The Morgan fingerprint density at radius 3 is 2.38 bits per heavy atom. The zero-order valence-electron chi connectivity index (χ0n) is 8.23. The van der Waals surface area contributed by atoms with Gasteiger partial charge in [-0.3, -0.25) is 0 Å². The molecule has 0 N–H and O–H groups in total. The van der Waals surface area contributed by atoms with E-state index in [0.29, 0.717) is 5.92 Å². The molecule has 1 aromatic rings. The van der Waals surface area contributed by atoms with Crippen molar-refractivity contribution in [3.8, 4) is 0 Å². The predicted molar refractivity (Wildman–Crippen MR) is 52.5 cm³/mol. The Morgan fingerprint density at radius 2 is 1.92 bits per heavy atom. The summed E-state index contributed by atoms with van der Waals surface area (Å²) in [5.41, 5.74) is 3.08. The highest BCUT2D eigenvalue weighted by Gasteiger charge is 2.20. The normalized spacial score (nSPS) is 17.2. The van der Waals surface area contributed by atoms with E-state index in [1.165, 1.54) is 24.8 Å². The standard InChI is InChI=1S/C12H15F/c1-8-6-11(10-4-3-5-10)7-12(13)9(8)2/h6-7,10H,3-5H2,1-2H3. The molecular formula is C12H15F. The molecule has 0 radical (unpaired) electrons. The molecule has 0 bridgehead atoms. The molecule has 70 valence electrons. The van der Waals surface area contributed by atoms with Gasteiger partial charge in [-0.15, -0.1) is 0 Å². The molecule has 0 heterocycles. The first kappa shape index (κ1) is 8.74. The van der Waals surface area contributed by atoms with Crippen molar-refractivity contribution >= 4 is 0 Å². The maximum atomic E-state index is 13.4. The molecule has 0 nitrogen and oxygen atoms in total. The van der Waals surface area contributed by atoms with Crippen LogP contribution in [0.2, 0.25) is 0 Å². The minimum atomic E-state index is -0.0399. The van der Waals surface area contributed by atoms with E-state index in [1.54, 1.807) is 6.07 Å². The minimum Gasteiger partial charge on any atom is -0.207 e. The van der Waals surface area contributed by atoms with Gasteiger partial charge in [-0.2, -0.15) is 0 Å². The fourth-order valence-electron chi connectivity index (χ4n) is 1.82. The van der Waals surface area contributed by atoms with Crippen LogP contribution in [0.1, 0.15) is 41.9 Å². The number of rotatable bonds is 1. The molecule has 0 spiro atoms. The number of benzene rings is 1. The molecule has 1 aliphatic carbocycles. The van der Waals surface area contributed by atoms with Crippen LogP contribution in [0.25, 0.3) is 0 Å². The van der Waals surface area contributed by atoms with Crippen LogP contribution in [-0.4, -0.2) is 0 Å². The second kappa shape index (κ2) is 3.13. The molecule has 0 saturated heterocycles. The number of hydrogen-bond acceptors (Lipinski definition) is 0. The zero-order valence-corrected chi connectivity index (χ0v) is 8.23. The molecule has 1 fully saturated rings. The van der Waals surface area contributed by atoms with Gasteiger partial charge in [-0.1, -0.05) is 12.5 Å². The Bertz CT molecular complexity index is 301. The summed E-state index contributed by atoms with van der Waals surface area (Å²) in [6.07, 6.45) is 3.78. The molecule has 0 unspecified atom stereocenters. The molecule has 0 atom stereocenters. The van der Waals surface area contributed by atoms with Crippen LogP contribution in [0, 0.1) is 19.7 Å². The third-order valence-corrected chi connectivity index (χ3v) is 3.20. The predicted octanol–water partition coefficient (Wildman–Crippen LogP) is 3.71. The fraction of sp³-hybridized carbons (Fsp3) is 0.500. The van der Waals surface area contributed by atoms with Crippen LogP contribution in [0.3, 0.4) is 0 Å². The van der Waals surface area contributed by atoms with Crippen LogP contribution >= 0.6 is 0 Å². The average molecular weight is 178 g/mol. The van der Waals surface area contributed by atoms with Crippen molar-refractivity contribution in [2.75, 3.05) is 0 Å². The van der Waals surface area contributed by atoms with E-state index >= 15 is 0 Å². The smallest absolute Gasteiger partial charge is 0.126 e. The Morgan fingerprint density at radius 1 is 1.23 bits per heavy atom. The summed E-state index contributed by atoms with van der Waals surface area (Å²) in [6, 6.07) is 3.86. The van der Waals surface area contributed by atoms with Gasteiger partial charge in [-0.25, -0.2) is 4.39 Å². The highest BCUT2D eigenvalue weighted by atomic mass is 19.1. The fourth-order valence-corrected chi connectivity index (χ4v) is 1.82. The van der Waals surface area contributed by atoms with Crippen LogP contribution < -0.4 is 0 Å². The minimum absolute atomic E-state index is 0.0399. The molecule has 13 heavy (non-hydrogen) atoms. The summed E-state index contributed by atoms with van der Waals surface area (Å²) >= 11 is 0. The maximum Gasteiger partial charge on any atom is 0.126 e. The number of aryl methyl sites for hydroxylation is 1. The van der Waals surface area contributed by atoms with E-state index in [9.17, 15) is 4.39 Å². The molecule has 0 aromatic heterocycles. The quantitative estimate of drug-likeness (QED) is 0.615. The van der Waals surface area contributed by atoms with Crippen molar-refractivity contribution in [2.24, 2.45) is 0 Å². The first-order chi connectivity index (χ1) is 6.18. The summed E-state index contributed by atoms with van der Waals surface area (Å²) in [5.74, 6) is 0.593. The van der Waals surface area contributed by atoms with Gasteiger partial charge in [0.15, 0.2) is 0 Å². The average Bonchev–Trinajstić information content (AvgIpc) is 1.96. The van der Waals surface area contributed by atoms with E-state index in [1.807, 2.05) is 13.8 Å². The lowest BCUT2D eigenvalue weighted by molar-refractivity contribution is 0.417. The molecule has 0 aliphatic heterocycles. The molecule has 1 heteroatoms. The van der Waals surface area contributed by atoms with E-state index < -0.39 is 0 Å². The topological polar surface area (TPSA) is 0 Å². The van der Waals surface area contributed by atoms with E-state index in [0.717, 1.165) is 11.1 Å². The Kier molecular flexibility index (Phi) is 2.10. The molecule has 0 amide bonds.